The third kappa shape index (κ3) is 3.64. The number of aromatic nitrogens is 2. The second-order valence-electron chi connectivity index (χ2n) is 7.41. The summed E-state index contributed by atoms with van der Waals surface area (Å²) in [6.45, 7) is 4.85. The first-order chi connectivity index (χ1) is 12.4. The highest BCUT2D eigenvalue weighted by Gasteiger charge is 2.41. The molecule has 2 heterocycles. The van der Waals surface area contributed by atoms with Gasteiger partial charge < -0.3 is 10.0 Å². The molecule has 1 saturated heterocycles. The number of rotatable bonds is 5. The lowest BCUT2D eigenvalue weighted by Gasteiger charge is -2.16. The van der Waals surface area contributed by atoms with Gasteiger partial charge in [-0.05, 0) is 24.0 Å². The predicted molar refractivity (Wildman–Crippen MR) is 98.0 cm³/mol. The Bertz CT molecular complexity index is 798. The molecule has 1 aliphatic rings. The highest BCUT2D eigenvalue weighted by atomic mass is 16.4. The zero-order valence-corrected chi connectivity index (χ0v) is 15.4. The molecule has 138 valence electrons. The van der Waals surface area contributed by atoms with Crippen LogP contribution in [0.5, 0.6) is 0 Å². The molecule has 0 unspecified atom stereocenters. The molecule has 1 amide bonds. The van der Waals surface area contributed by atoms with E-state index in [0.717, 1.165) is 17.7 Å². The Morgan fingerprint density at radius 2 is 1.92 bits per heavy atom. The van der Waals surface area contributed by atoms with Crippen molar-refractivity contribution in [3.05, 3.63) is 53.3 Å². The van der Waals surface area contributed by atoms with Gasteiger partial charge in [-0.15, -0.1) is 0 Å². The summed E-state index contributed by atoms with van der Waals surface area (Å²) in [5.41, 5.74) is 2.36. The van der Waals surface area contributed by atoms with Gasteiger partial charge in [0.25, 0.3) is 5.91 Å². The summed E-state index contributed by atoms with van der Waals surface area (Å²) in [4.78, 5) is 26.4. The van der Waals surface area contributed by atoms with E-state index in [4.69, 9.17) is 0 Å². The van der Waals surface area contributed by atoms with Crippen LogP contribution < -0.4 is 0 Å². The smallest absolute Gasteiger partial charge is 0.308 e. The van der Waals surface area contributed by atoms with Crippen molar-refractivity contribution in [2.45, 2.75) is 26.2 Å². The largest absolute Gasteiger partial charge is 0.481 e. The molecule has 1 aromatic carbocycles. The van der Waals surface area contributed by atoms with Gasteiger partial charge in [0.2, 0.25) is 0 Å². The van der Waals surface area contributed by atoms with Crippen LogP contribution in [0, 0.1) is 11.8 Å². The maximum absolute atomic E-state index is 13.0. The van der Waals surface area contributed by atoms with Gasteiger partial charge in [-0.2, -0.15) is 5.10 Å². The van der Waals surface area contributed by atoms with Gasteiger partial charge in [0.1, 0.15) is 5.69 Å². The van der Waals surface area contributed by atoms with Crippen molar-refractivity contribution in [2.75, 3.05) is 13.1 Å². The Morgan fingerprint density at radius 3 is 2.54 bits per heavy atom. The van der Waals surface area contributed by atoms with Crippen LogP contribution in [-0.4, -0.2) is 44.8 Å². The molecular formula is C20H25N3O3. The van der Waals surface area contributed by atoms with Crippen molar-refractivity contribution in [2.24, 2.45) is 18.9 Å². The van der Waals surface area contributed by atoms with Crippen molar-refractivity contribution < 1.29 is 14.7 Å². The topological polar surface area (TPSA) is 75.4 Å². The Labute approximate surface area is 153 Å². The quantitative estimate of drug-likeness (QED) is 0.894. The number of hydrogen-bond donors (Lipinski definition) is 1. The molecule has 3 rings (SSSR count). The minimum Gasteiger partial charge on any atom is -0.481 e. The van der Waals surface area contributed by atoms with Crippen molar-refractivity contribution in [1.82, 2.24) is 14.7 Å². The number of carbonyl (C=O) groups excluding carboxylic acids is 1. The number of carboxylic acid groups (broad SMARTS) is 1. The number of nitrogens with zero attached hydrogens (tertiary/aromatic N) is 3. The molecule has 0 saturated carbocycles. The number of benzene rings is 1. The fourth-order valence-electron chi connectivity index (χ4n) is 3.66. The van der Waals surface area contributed by atoms with Gasteiger partial charge in [-0.25, -0.2) is 0 Å². The van der Waals surface area contributed by atoms with Crippen molar-refractivity contribution in [3.8, 4) is 0 Å². The molecule has 0 bridgehead atoms. The molecule has 1 aliphatic heterocycles. The average Bonchev–Trinajstić information content (AvgIpc) is 3.18. The molecule has 6 heteroatoms. The van der Waals surface area contributed by atoms with E-state index in [1.165, 1.54) is 0 Å². The monoisotopic (exact) mass is 355 g/mol. The lowest BCUT2D eigenvalue weighted by molar-refractivity contribution is -0.141. The van der Waals surface area contributed by atoms with Crippen LogP contribution in [0.4, 0.5) is 0 Å². The van der Waals surface area contributed by atoms with E-state index in [2.05, 4.69) is 18.9 Å². The Kier molecular flexibility index (Phi) is 5.11. The molecule has 1 aromatic heterocycles. The number of carboxylic acids is 1. The van der Waals surface area contributed by atoms with Crippen LogP contribution >= 0.6 is 0 Å². The van der Waals surface area contributed by atoms with Crippen LogP contribution in [0.3, 0.4) is 0 Å². The van der Waals surface area contributed by atoms with Crippen molar-refractivity contribution in [3.63, 3.8) is 0 Å². The van der Waals surface area contributed by atoms with E-state index in [1.54, 1.807) is 16.6 Å². The van der Waals surface area contributed by atoms with Crippen molar-refractivity contribution >= 4 is 11.9 Å². The van der Waals surface area contributed by atoms with Crippen LogP contribution in [0.1, 0.15) is 41.5 Å². The summed E-state index contributed by atoms with van der Waals surface area (Å²) in [5, 5.41) is 14.0. The van der Waals surface area contributed by atoms with Crippen LogP contribution in [0.15, 0.2) is 36.4 Å². The Morgan fingerprint density at radius 1 is 1.23 bits per heavy atom. The van der Waals surface area contributed by atoms with Crippen LogP contribution in [0.25, 0.3) is 0 Å². The summed E-state index contributed by atoms with van der Waals surface area (Å²) >= 11 is 0. The zero-order valence-electron chi connectivity index (χ0n) is 15.4. The summed E-state index contributed by atoms with van der Waals surface area (Å²) in [5.74, 6) is -1.34. The molecule has 1 N–H and O–H groups in total. The van der Waals surface area contributed by atoms with E-state index in [9.17, 15) is 14.7 Å². The summed E-state index contributed by atoms with van der Waals surface area (Å²) in [6, 6.07) is 11.4. The first-order valence-corrected chi connectivity index (χ1v) is 8.96. The summed E-state index contributed by atoms with van der Waals surface area (Å²) in [7, 11) is 1.76. The molecule has 2 aromatic rings. The van der Waals surface area contributed by atoms with Gasteiger partial charge in [-0.1, -0.05) is 44.2 Å². The molecule has 0 aliphatic carbocycles. The fraction of sp³-hybridized carbons (Fsp3) is 0.450. The maximum atomic E-state index is 13.0. The normalized spacial score (nSPS) is 19.9. The van der Waals surface area contributed by atoms with Crippen molar-refractivity contribution in [1.29, 1.82) is 0 Å². The molecule has 26 heavy (non-hydrogen) atoms. The van der Waals surface area contributed by atoms with Gasteiger partial charge >= 0.3 is 5.97 Å². The third-order valence-electron chi connectivity index (χ3n) is 4.92. The van der Waals surface area contributed by atoms with E-state index >= 15 is 0 Å². The number of likely N-dealkylation sites (tertiary alicyclic amines) is 1. The van der Waals surface area contributed by atoms with Gasteiger partial charge in [0, 0.05) is 26.1 Å². The second-order valence-corrected chi connectivity index (χ2v) is 7.41. The van der Waals surface area contributed by atoms with Crippen LogP contribution in [-0.2, 0) is 18.3 Å². The lowest BCUT2D eigenvalue weighted by Crippen LogP contribution is -2.31. The molecule has 6 nitrogen and oxygen atoms in total. The summed E-state index contributed by atoms with van der Waals surface area (Å²) in [6.07, 6.45) is 0.811. The number of carbonyl (C=O) groups is 2. The van der Waals surface area contributed by atoms with Crippen LogP contribution in [0.2, 0.25) is 0 Å². The Hall–Kier alpha value is -2.63. The van der Waals surface area contributed by atoms with E-state index in [0.29, 0.717) is 18.2 Å². The number of aryl methyl sites for hydroxylation is 1. The number of hydrogen-bond acceptors (Lipinski definition) is 3. The Balaban J connectivity index is 1.82. The fourth-order valence-corrected chi connectivity index (χ4v) is 3.66. The highest BCUT2D eigenvalue weighted by Crippen LogP contribution is 2.33. The second kappa shape index (κ2) is 7.32. The molecule has 1 fully saturated rings. The molecule has 0 spiro atoms. The maximum Gasteiger partial charge on any atom is 0.308 e. The molecule has 0 radical (unpaired) electrons. The van der Waals surface area contributed by atoms with Gasteiger partial charge in [0.05, 0.1) is 11.6 Å². The van der Waals surface area contributed by atoms with E-state index < -0.39 is 11.9 Å². The van der Waals surface area contributed by atoms with E-state index in [-0.39, 0.29) is 18.4 Å². The minimum absolute atomic E-state index is 0.153. The summed E-state index contributed by atoms with van der Waals surface area (Å²) < 4.78 is 1.60. The minimum atomic E-state index is -0.861. The van der Waals surface area contributed by atoms with Gasteiger partial charge in [0.15, 0.2) is 0 Å². The van der Waals surface area contributed by atoms with Gasteiger partial charge in [-0.3, -0.25) is 14.3 Å². The third-order valence-corrected chi connectivity index (χ3v) is 4.92. The first-order valence-electron chi connectivity index (χ1n) is 8.96. The predicted octanol–water partition coefficient (Wildman–Crippen LogP) is 2.56. The molecular weight excluding hydrogens is 330 g/mol. The number of amides is 1. The SMILES string of the molecule is CC(C)Cc1cc(C(=O)N2C[C@@H](C(=O)O)[C@H](c3ccccc3)C2)n(C)n1. The standard InChI is InChI=1S/C20H25N3O3/c1-13(2)9-15-10-18(22(3)21-15)19(24)23-11-16(17(12-23)20(25)26)14-7-5-4-6-8-14/h4-8,10,13,16-17H,9,11-12H2,1-3H3,(H,25,26)/t16-,17+/m0/s1. The lowest BCUT2D eigenvalue weighted by atomic mass is 9.89. The zero-order chi connectivity index (χ0) is 18.8. The average molecular weight is 355 g/mol. The number of aliphatic carboxylic acids is 1. The van der Waals surface area contributed by atoms with E-state index in [1.807, 2.05) is 36.4 Å². The first kappa shape index (κ1) is 18.2. The molecule has 2 atom stereocenters. The highest BCUT2D eigenvalue weighted by molar-refractivity contribution is 5.93.